The van der Waals surface area contributed by atoms with Gasteiger partial charge in [-0.25, -0.2) is 4.98 Å². The summed E-state index contributed by atoms with van der Waals surface area (Å²) in [6, 6.07) is 0. The maximum absolute atomic E-state index is 12.1. The average Bonchev–Trinajstić information content (AvgIpc) is 2.97. The van der Waals surface area contributed by atoms with Crippen LogP contribution in [-0.2, 0) is 6.54 Å². The third kappa shape index (κ3) is 2.75. The highest BCUT2D eigenvalue weighted by Crippen LogP contribution is 2.26. The van der Waals surface area contributed by atoms with Crippen LogP contribution in [0, 0.1) is 0 Å². The lowest BCUT2D eigenvalue weighted by Gasteiger charge is -2.10. The van der Waals surface area contributed by atoms with Crippen molar-refractivity contribution in [2.45, 2.75) is 19.9 Å². The second kappa shape index (κ2) is 5.57. The zero-order valence-electron chi connectivity index (χ0n) is 10.00. The van der Waals surface area contributed by atoms with Crippen LogP contribution in [-0.4, -0.2) is 32.9 Å². The smallest absolute Gasteiger partial charge is 0.281 e. The number of hydrogen-bond acceptors (Lipinski definition) is 5. The summed E-state index contributed by atoms with van der Waals surface area (Å²) < 4.78 is 2.55. The minimum Gasteiger partial charge on any atom is -0.286 e. The van der Waals surface area contributed by atoms with Crippen LogP contribution >= 0.6 is 27.3 Å². The first-order valence-electron chi connectivity index (χ1n) is 5.41. The van der Waals surface area contributed by atoms with Gasteiger partial charge in [-0.05, 0) is 22.4 Å². The Kier molecular flexibility index (Phi) is 4.07. The number of aromatic nitrogens is 4. The second-order valence-electron chi connectivity index (χ2n) is 3.68. The Morgan fingerprint density at radius 1 is 1.61 bits per heavy atom. The second-order valence-corrected chi connectivity index (χ2v) is 6.07. The van der Waals surface area contributed by atoms with E-state index in [-0.39, 0.29) is 5.91 Å². The molecule has 2 aromatic heterocycles. The molecule has 0 saturated carbocycles. The van der Waals surface area contributed by atoms with Crippen LogP contribution in [0.15, 0.2) is 16.2 Å². The van der Waals surface area contributed by atoms with E-state index >= 15 is 0 Å². The summed E-state index contributed by atoms with van der Waals surface area (Å²) in [6.07, 6.45) is 4.27. The van der Waals surface area contributed by atoms with Crippen LogP contribution in [0.5, 0.6) is 0 Å². The highest BCUT2D eigenvalue weighted by molar-refractivity contribution is 9.11. The van der Waals surface area contributed by atoms with Gasteiger partial charge in [0.05, 0.1) is 16.2 Å². The van der Waals surface area contributed by atoms with E-state index in [1.54, 1.807) is 24.1 Å². The SMILES string of the molecule is CCCn1cc(C(=O)N(C)c2ncc(Br)s2)nn1. The molecule has 0 fully saturated rings. The molecular weight excluding hydrogens is 318 g/mol. The molecule has 0 aliphatic heterocycles. The van der Waals surface area contributed by atoms with Crippen molar-refractivity contribution in [1.29, 1.82) is 0 Å². The molecule has 2 rings (SSSR count). The van der Waals surface area contributed by atoms with Crippen LogP contribution in [0.25, 0.3) is 0 Å². The van der Waals surface area contributed by atoms with E-state index in [0.29, 0.717) is 10.8 Å². The fraction of sp³-hybridized carbons (Fsp3) is 0.400. The van der Waals surface area contributed by atoms with E-state index in [1.165, 1.54) is 16.2 Å². The summed E-state index contributed by atoms with van der Waals surface area (Å²) in [5.74, 6) is -0.209. The van der Waals surface area contributed by atoms with Crippen LogP contribution in [0.3, 0.4) is 0 Å². The molecule has 0 aliphatic carbocycles. The largest absolute Gasteiger partial charge is 0.286 e. The van der Waals surface area contributed by atoms with Crippen molar-refractivity contribution in [3.8, 4) is 0 Å². The van der Waals surface area contributed by atoms with Crippen molar-refractivity contribution in [1.82, 2.24) is 20.0 Å². The minimum atomic E-state index is -0.209. The number of rotatable bonds is 4. The predicted octanol–water partition coefficient (Wildman–Crippen LogP) is 2.18. The van der Waals surface area contributed by atoms with E-state index < -0.39 is 0 Å². The van der Waals surface area contributed by atoms with Crippen molar-refractivity contribution in [2.24, 2.45) is 0 Å². The minimum absolute atomic E-state index is 0.209. The molecule has 2 heterocycles. The normalized spacial score (nSPS) is 10.6. The van der Waals surface area contributed by atoms with Gasteiger partial charge in [-0.3, -0.25) is 14.4 Å². The molecule has 0 spiro atoms. The van der Waals surface area contributed by atoms with E-state index in [2.05, 4.69) is 31.2 Å². The molecule has 0 atom stereocenters. The number of aryl methyl sites for hydroxylation is 1. The van der Waals surface area contributed by atoms with E-state index in [4.69, 9.17) is 0 Å². The van der Waals surface area contributed by atoms with Gasteiger partial charge >= 0.3 is 0 Å². The number of nitrogens with zero attached hydrogens (tertiary/aromatic N) is 5. The van der Waals surface area contributed by atoms with Crippen molar-refractivity contribution in [2.75, 3.05) is 11.9 Å². The number of hydrogen-bond donors (Lipinski definition) is 0. The quantitative estimate of drug-likeness (QED) is 0.862. The molecule has 6 nitrogen and oxygen atoms in total. The van der Waals surface area contributed by atoms with Gasteiger partial charge in [0.1, 0.15) is 0 Å². The topological polar surface area (TPSA) is 63.9 Å². The maximum Gasteiger partial charge on any atom is 0.281 e. The monoisotopic (exact) mass is 329 g/mol. The van der Waals surface area contributed by atoms with Crippen molar-refractivity contribution >= 4 is 38.3 Å². The van der Waals surface area contributed by atoms with Crippen molar-refractivity contribution < 1.29 is 4.79 Å². The van der Waals surface area contributed by atoms with Gasteiger partial charge in [0.25, 0.3) is 5.91 Å². The fourth-order valence-corrected chi connectivity index (χ4v) is 2.54. The molecule has 96 valence electrons. The predicted molar refractivity (Wildman–Crippen MR) is 72.9 cm³/mol. The van der Waals surface area contributed by atoms with Gasteiger partial charge in [-0.1, -0.05) is 23.5 Å². The number of carbonyl (C=O) groups excluding carboxylic acids is 1. The zero-order chi connectivity index (χ0) is 13.1. The molecule has 8 heteroatoms. The Morgan fingerprint density at radius 3 is 3.00 bits per heavy atom. The number of halogens is 1. The summed E-state index contributed by atoms with van der Waals surface area (Å²) in [6.45, 7) is 2.80. The summed E-state index contributed by atoms with van der Waals surface area (Å²) in [5, 5.41) is 8.40. The third-order valence-electron chi connectivity index (χ3n) is 2.27. The van der Waals surface area contributed by atoms with Gasteiger partial charge in [-0.15, -0.1) is 5.10 Å². The molecule has 0 N–H and O–H groups in total. The first-order chi connectivity index (χ1) is 8.61. The summed E-state index contributed by atoms with van der Waals surface area (Å²) in [5.41, 5.74) is 0.331. The average molecular weight is 330 g/mol. The number of carbonyl (C=O) groups is 1. The Bertz CT molecular complexity index is 552. The lowest BCUT2D eigenvalue weighted by molar-refractivity contribution is 0.0988. The first kappa shape index (κ1) is 13.2. The number of thiazole rings is 1. The lowest BCUT2D eigenvalue weighted by Crippen LogP contribution is -2.26. The van der Waals surface area contributed by atoms with Gasteiger partial charge < -0.3 is 0 Å². The standard InChI is InChI=1S/C10H12BrN5OS/c1-3-4-16-6-7(13-14-16)9(17)15(2)10-12-5-8(11)18-10/h5-6H,3-4H2,1-2H3. The van der Waals surface area contributed by atoms with Crippen molar-refractivity contribution in [3.63, 3.8) is 0 Å². The van der Waals surface area contributed by atoms with E-state index in [9.17, 15) is 4.79 Å². The van der Waals surface area contributed by atoms with Gasteiger partial charge in [0.15, 0.2) is 10.8 Å². The van der Waals surface area contributed by atoms with E-state index in [0.717, 1.165) is 16.8 Å². The summed E-state index contributed by atoms with van der Waals surface area (Å²) in [7, 11) is 1.67. The highest BCUT2D eigenvalue weighted by atomic mass is 79.9. The third-order valence-corrected chi connectivity index (χ3v) is 3.82. The highest BCUT2D eigenvalue weighted by Gasteiger charge is 2.19. The van der Waals surface area contributed by atoms with Crippen LogP contribution in [0.1, 0.15) is 23.8 Å². The Labute approximate surface area is 117 Å². The fourth-order valence-electron chi connectivity index (χ4n) is 1.39. The molecule has 0 bridgehead atoms. The molecule has 0 unspecified atom stereocenters. The maximum atomic E-state index is 12.1. The number of anilines is 1. The van der Waals surface area contributed by atoms with Gasteiger partial charge in [-0.2, -0.15) is 0 Å². The molecule has 18 heavy (non-hydrogen) atoms. The van der Waals surface area contributed by atoms with Crippen molar-refractivity contribution in [3.05, 3.63) is 21.9 Å². The molecule has 0 aromatic carbocycles. The molecule has 1 amide bonds. The summed E-state index contributed by atoms with van der Waals surface area (Å²) >= 11 is 4.71. The first-order valence-corrected chi connectivity index (χ1v) is 7.02. The molecular formula is C10H12BrN5OS. The van der Waals surface area contributed by atoms with Gasteiger partial charge in [0.2, 0.25) is 0 Å². The molecule has 0 aliphatic rings. The van der Waals surface area contributed by atoms with E-state index in [1.807, 2.05) is 6.92 Å². The Morgan fingerprint density at radius 2 is 2.39 bits per heavy atom. The zero-order valence-corrected chi connectivity index (χ0v) is 12.4. The molecule has 0 saturated heterocycles. The molecule has 2 aromatic rings. The van der Waals surface area contributed by atoms with Crippen LogP contribution in [0.2, 0.25) is 0 Å². The number of amides is 1. The Balaban J connectivity index is 2.14. The molecule has 0 radical (unpaired) electrons. The lowest BCUT2D eigenvalue weighted by atomic mass is 10.4. The van der Waals surface area contributed by atoms with Gasteiger partial charge in [0, 0.05) is 13.6 Å². The van der Waals surface area contributed by atoms with Crippen LogP contribution < -0.4 is 4.90 Å². The summed E-state index contributed by atoms with van der Waals surface area (Å²) in [4.78, 5) is 17.7. The van der Waals surface area contributed by atoms with Crippen LogP contribution in [0.4, 0.5) is 5.13 Å². The Hall–Kier alpha value is -1.28.